The summed E-state index contributed by atoms with van der Waals surface area (Å²) in [5.74, 6) is -0.653. The van der Waals surface area contributed by atoms with Gasteiger partial charge in [0.1, 0.15) is 0 Å². The van der Waals surface area contributed by atoms with Crippen LogP contribution >= 0.6 is 0 Å². The molecule has 0 aromatic carbocycles. The molecule has 0 aromatic rings. The van der Waals surface area contributed by atoms with E-state index in [0.717, 1.165) is 12.8 Å². The normalized spacial score (nSPS) is 11.1. The molecule has 3 nitrogen and oxygen atoms in total. The zero-order valence-electron chi connectivity index (χ0n) is 27.0. The Morgan fingerprint density at radius 1 is 0.421 bits per heavy atom. The van der Waals surface area contributed by atoms with Crippen LogP contribution in [-0.2, 0) is 4.79 Å². The van der Waals surface area contributed by atoms with Crippen molar-refractivity contribution in [2.24, 2.45) is 0 Å². The van der Waals surface area contributed by atoms with Crippen molar-refractivity contribution in [2.45, 2.75) is 200 Å². The average Bonchev–Trinajstić information content (AvgIpc) is 2.89. The molecule has 0 radical (unpaired) electrons. The molecule has 0 heterocycles. The minimum absolute atomic E-state index is 0.345. The molecular formula is C35H73NO2. The van der Waals surface area contributed by atoms with Gasteiger partial charge in [0.25, 0.3) is 0 Å². The van der Waals surface area contributed by atoms with Gasteiger partial charge in [0.2, 0.25) is 0 Å². The van der Waals surface area contributed by atoms with E-state index in [1.54, 1.807) is 0 Å². The molecule has 0 bridgehead atoms. The van der Waals surface area contributed by atoms with Crippen molar-refractivity contribution in [2.75, 3.05) is 20.6 Å². The predicted octanol–water partition coefficient (Wildman–Crippen LogP) is 12.0. The van der Waals surface area contributed by atoms with E-state index in [9.17, 15) is 4.79 Å². The third kappa shape index (κ3) is 42.5. The number of nitrogens with zero attached hydrogens (tertiary/aromatic N) is 1. The molecule has 0 aromatic heterocycles. The predicted molar refractivity (Wildman–Crippen MR) is 171 cm³/mol. The number of carboxylic acid groups (broad SMARTS) is 1. The Labute approximate surface area is 241 Å². The summed E-state index contributed by atoms with van der Waals surface area (Å²) in [4.78, 5) is 12.6. The van der Waals surface area contributed by atoms with Crippen LogP contribution in [0, 0.1) is 0 Å². The first-order chi connectivity index (χ1) is 18.5. The van der Waals surface area contributed by atoms with Crippen LogP contribution in [0.4, 0.5) is 0 Å². The number of aliphatic carboxylic acids is 1. The Morgan fingerprint density at radius 3 is 0.895 bits per heavy atom. The molecule has 0 saturated carbocycles. The van der Waals surface area contributed by atoms with Gasteiger partial charge in [-0.3, -0.25) is 4.79 Å². The number of carbonyl (C=O) groups is 1. The van der Waals surface area contributed by atoms with Crippen LogP contribution in [0.5, 0.6) is 0 Å². The fourth-order valence-electron chi connectivity index (χ4n) is 5.09. The van der Waals surface area contributed by atoms with Crippen molar-refractivity contribution in [3.05, 3.63) is 0 Å². The largest absolute Gasteiger partial charge is 0.481 e. The fourth-order valence-corrected chi connectivity index (χ4v) is 5.09. The van der Waals surface area contributed by atoms with Gasteiger partial charge in [-0.1, -0.05) is 181 Å². The van der Waals surface area contributed by atoms with Gasteiger partial charge in [0, 0.05) is 6.42 Å². The second-order valence-corrected chi connectivity index (χ2v) is 12.1. The summed E-state index contributed by atoms with van der Waals surface area (Å²) < 4.78 is 0. The van der Waals surface area contributed by atoms with Gasteiger partial charge >= 0.3 is 5.97 Å². The zero-order chi connectivity index (χ0) is 28.4. The van der Waals surface area contributed by atoms with Gasteiger partial charge in [0.05, 0.1) is 0 Å². The Morgan fingerprint density at radius 2 is 0.658 bits per heavy atom. The summed E-state index contributed by atoms with van der Waals surface area (Å²) in [5, 5.41) is 8.52. The molecule has 0 aliphatic carbocycles. The highest BCUT2D eigenvalue weighted by molar-refractivity contribution is 5.66. The van der Waals surface area contributed by atoms with E-state index in [-0.39, 0.29) is 0 Å². The monoisotopic (exact) mass is 540 g/mol. The first-order valence-corrected chi connectivity index (χ1v) is 17.4. The highest BCUT2D eigenvalue weighted by Gasteiger charge is 1.97. The molecule has 0 aliphatic heterocycles. The molecule has 0 unspecified atom stereocenters. The standard InChI is InChI=1S/C18H36O2.C17H37N/c1-2-3-4-5-6-7-8-9-10-11-12-13-14-15-16-17-18(19)20;1-4-5-6-7-8-9-10-11-12-13-14-15-16-17-18(2)3/h2-17H2,1H3,(H,19,20);4-17H2,1-3H3. The molecule has 0 rings (SSSR count). The first-order valence-electron chi connectivity index (χ1n) is 17.4. The quantitative estimate of drug-likeness (QED) is 0.0922. The molecule has 38 heavy (non-hydrogen) atoms. The van der Waals surface area contributed by atoms with Gasteiger partial charge in [-0.15, -0.1) is 0 Å². The van der Waals surface area contributed by atoms with Crippen molar-refractivity contribution in [3.63, 3.8) is 0 Å². The lowest BCUT2D eigenvalue weighted by atomic mass is 10.0. The maximum Gasteiger partial charge on any atom is 0.303 e. The summed E-state index contributed by atoms with van der Waals surface area (Å²) >= 11 is 0. The van der Waals surface area contributed by atoms with Crippen LogP contribution < -0.4 is 0 Å². The molecule has 0 aliphatic rings. The van der Waals surface area contributed by atoms with E-state index in [1.165, 1.54) is 173 Å². The van der Waals surface area contributed by atoms with Gasteiger partial charge in [0.15, 0.2) is 0 Å². The van der Waals surface area contributed by atoms with Crippen LogP contribution in [0.3, 0.4) is 0 Å². The van der Waals surface area contributed by atoms with Gasteiger partial charge in [-0.2, -0.15) is 0 Å². The summed E-state index contributed by atoms with van der Waals surface area (Å²) in [7, 11) is 4.33. The Hall–Kier alpha value is -0.570. The minimum atomic E-state index is -0.653. The van der Waals surface area contributed by atoms with Crippen LogP contribution in [0.25, 0.3) is 0 Å². The molecule has 230 valence electrons. The number of hydrogen-bond acceptors (Lipinski definition) is 2. The average molecular weight is 540 g/mol. The Balaban J connectivity index is 0. The molecule has 0 amide bonds. The van der Waals surface area contributed by atoms with Crippen molar-refractivity contribution in [1.29, 1.82) is 0 Å². The van der Waals surface area contributed by atoms with Crippen molar-refractivity contribution >= 4 is 5.97 Å². The summed E-state index contributed by atoms with van der Waals surface area (Å²) in [6.45, 7) is 5.82. The second kappa shape index (κ2) is 36.4. The topological polar surface area (TPSA) is 40.5 Å². The molecule has 0 fully saturated rings. The number of unbranched alkanes of at least 4 members (excludes halogenated alkanes) is 26. The van der Waals surface area contributed by atoms with E-state index in [0.29, 0.717) is 6.42 Å². The SMILES string of the molecule is CCCCCCCCCCCCCCCCCC(=O)O.CCCCCCCCCCCCCCCN(C)C. The number of rotatable bonds is 30. The Kier molecular flexibility index (Phi) is 37.9. The third-order valence-electron chi connectivity index (χ3n) is 7.70. The van der Waals surface area contributed by atoms with E-state index in [4.69, 9.17) is 5.11 Å². The lowest BCUT2D eigenvalue weighted by Gasteiger charge is -2.08. The van der Waals surface area contributed by atoms with E-state index >= 15 is 0 Å². The molecule has 3 heteroatoms. The summed E-state index contributed by atoms with van der Waals surface area (Å²) in [6.07, 6.45) is 39.0. The first kappa shape index (κ1) is 39.6. The fraction of sp³-hybridized carbons (Fsp3) is 0.971. The lowest BCUT2D eigenvalue weighted by Crippen LogP contribution is -2.12. The van der Waals surface area contributed by atoms with E-state index < -0.39 is 5.97 Å². The lowest BCUT2D eigenvalue weighted by molar-refractivity contribution is -0.137. The van der Waals surface area contributed by atoms with E-state index in [1.807, 2.05) is 0 Å². The van der Waals surface area contributed by atoms with Crippen molar-refractivity contribution < 1.29 is 9.90 Å². The Bertz CT molecular complexity index is 424. The smallest absolute Gasteiger partial charge is 0.303 e. The van der Waals surface area contributed by atoms with E-state index in [2.05, 4.69) is 32.8 Å². The third-order valence-corrected chi connectivity index (χ3v) is 7.70. The highest BCUT2D eigenvalue weighted by atomic mass is 16.4. The van der Waals surface area contributed by atoms with Crippen LogP contribution in [0.2, 0.25) is 0 Å². The molecule has 0 spiro atoms. The summed E-state index contributed by atoms with van der Waals surface area (Å²) in [5.41, 5.74) is 0. The van der Waals surface area contributed by atoms with Crippen molar-refractivity contribution in [1.82, 2.24) is 4.90 Å². The van der Waals surface area contributed by atoms with Crippen LogP contribution in [0.1, 0.15) is 200 Å². The second-order valence-electron chi connectivity index (χ2n) is 12.1. The van der Waals surface area contributed by atoms with Crippen LogP contribution in [0.15, 0.2) is 0 Å². The zero-order valence-corrected chi connectivity index (χ0v) is 27.0. The van der Waals surface area contributed by atoms with Crippen LogP contribution in [-0.4, -0.2) is 36.6 Å². The van der Waals surface area contributed by atoms with Gasteiger partial charge in [-0.05, 0) is 33.5 Å². The van der Waals surface area contributed by atoms with Crippen molar-refractivity contribution in [3.8, 4) is 0 Å². The number of carboxylic acids is 1. The van der Waals surface area contributed by atoms with Gasteiger partial charge < -0.3 is 10.0 Å². The summed E-state index contributed by atoms with van der Waals surface area (Å²) in [6, 6.07) is 0. The molecule has 0 saturated heterocycles. The minimum Gasteiger partial charge on any atom is -0.481 e. The maximum atomic E-state index is 10.3. The van der Waals surface area contributed by atoms with Gasteiger partial charge in [-0.25, -0.2) is 0 Å². The highest BCUT2D eigenvalue weighted by Crippen LogP contribution is 2.14. The molecule has 1 N–H and O–H groups in total. The molecular weight excluding hydrogens is 466 g/mol. The number of hydrogen-bond donors (Lipinski definition) is 1. The maximum absolute atomic E-state index is 10.3. The molecule has 0 atom stereocenters.